The maximum atomic E-state index is 9.28. The van der Waals surface area contributed by atoms with E-state index in [-0.39, 0.29) is 25.3 Å². The van der Waals surface area contributed by atoms with E-state index in [0.717, 1.165) is 0 Å². The van der Waals surface area contributed by atoms with Crippen LogP contribution < -0.4 is 5.32 Å². The van der Waals surface area contributed by atoms with Crippen molar-refractivity contribution < 1.29 is 20.1 Å². The Hall–Kier alpha value is -0.200. The summed E-state index contributed by atoms with van der Waals surface area (Å²) in [4.78, 5) is 0. The van der Waals surface area contributed by atoms with Crippen LogP contribution in [0.1, 0.15) is 0 Å². The quantitative estimate of drug-likeness (QED) is 0.388. The average molecular weight is 177 g/mol. The van der Waals surface area contributed by atoms with E-state index < -0.39 is 6.10 Å². The highest BCUT2D eigenvalue weighted by molar-refractivity contribution is 4.83. The summed E-state index contributed by atoms with van der Waals surface area (Å²) in [5.74, 6) is 0. The zero-order valence-electron chi connectivity index (χ0n) is 6.81. The van der Waals surface area contributed by atoms with Crippen LogP contribution in [-0.4, -0.2) is 59.9 Å². The molecule has 1 aliphatic rings. The second-order valence-corrected chi connectivity index (χ2v) is 2.94. The first kappa shape index (κ1) is 9.88. The fourth-order valence-corrected chi connectivity index (χ4v) is 1.17. The fraction of sp³-hybridized carbons (Fsp3) is 1.00. The van der Waals surface area contributed by atoms with Crippen LogP contribution in [0.25, 0.3) is 0 Å². The van der Waals surface area contributed by atoms with Crippen LogP contribution in [0.5, 0.6) is 0 Å². The minimum atomic E-state index is -0.536. The molecule has 0 spiro atoms. The topological polar surface area (TPSA) is 82.0 Å². The molecule has 0 amide bonds. The Morgan fingerprint density at radius 3 is 2.42 bits per heavy atom. The van der Waals surface area contributed by atoms with Gasteiger partial charge in [-0.3, -0.25) is 0 Å². The SMILES string of the molecule is OCC(CO)NC1COCC1O. The molecular formula is C7H15NO4. The lowest BCUT2D eigenvalue weighted by atomic mass is 10.2. The summed E-state index contributed by atoms with van der Waals surface area (Å²) in [6, 6.07) is -0.541. The first-order valence-electron chi connectivity index (χ1n) is 4.01. The zero-order chi connectivity index (χ0) is 8.97. The number of ether oxygens (including phenoxy) is 1. The van der Waals surface area contributed by atoms with E-state index in [1.165, 1.54) is 0 Å². The predicted molar refractivity (Wildman–Crippen MR) is 41.7 cm³/mol. The van der Waals surface area contributed by atoms with Gasteiger partial charge in [0.2, 0.25) is 0 Å². The Morgan fingerprint density at radius 1 is 1.33 bits per heavy atom. The summed E-state index contributed by atoms with van der Waals surface area (Å²) < 4.78 is 4.98. The lowest BCUT2D eigenvalue weighted by Gasteiger charge is -2.20. The molecule has 2 unspecified atom stereocenters. The van der Waals surface area contributed by atoms with E-state index in [1.807, 2.05) is 0 Å². The normalized spacial score (nSPS) is 30.0. The monoisotopic (exact) mass is 177 g/mol. The fourth-order valence-electron chi connectivity index (χ4n) is 1.17. The van der Waals surface area contributed by atoms with E-state index >= 15 is 0 Å². The molecule has 1 heterocycles. The van der Waals surface area contributed by atoms with Gasteiger partial charge in [-0.15, -0.1) is 0 Å². The van der Waals surface area contributed by atoms with Gasteiger partial charge in [-0.05, 0) is 0 Å². The van der Waals surface area contributed by atoms with Gasteiger partial charge in [-0.2, -0.15) is 0 Å². The van der Waals surface area contributed by atoms with Gasteiger partial charge in [0.15, 0.2) is 0 Å². The Labute approximate surface area is 71.0 Å². The first-order valence-corrected chi connectivity index (χ1v) is 4.01. The van der Waals surface area contributed by atoms with E-state index in [1.54, 1.807) is 0 Å². The van der Waals surface area contributed by atoms with Crippen LogP contribution in [0.15, 0.2) is 0 Å². The third-order valence-corrected chi connectivity index (χ3v) is 1.94. The molecular weight excluding hydrogens is 162 g/mol. The van der Waals surface area contributed by atoms with Crippen LogP contribution in [0.2, 0.25) is 0 Å². The molecule has 0 aromatic carbocycles. The van der Waals surface area contributed by atoms with Crippen LogP contribution in [0.3, 0.4) is 0 Å². The maximum Gasteiger partial charge on any atom is 0.0948 e. The van der Waals surface area contributed by atoms with Crippen molar-refractivity contribution in [2.45, 2.75) is 18.2 Å². The van der Waals surface area contributed by atoms with E-state index in [4.69, 9.17) is 14.9 Å². The highest BCUT2D eigenvalue weighted by atomic mass is 16.5. The van der Waals surface area contributed by atoms with Crippen molar-refractivity contribution in [3.63, 3.8) is 0 Å². The van der Waals surface area contributed by atoms with Crippen LogP contribution in [0, 0.1) is 0 Å². The number of aliphatic hydroxyl groups is 3. The summed E-state index contributed by atoms with van der Waals surface area (Å²) in [5, 5.41) is 29.6. The molecule has 0 aromatic heterocycles. The lowest BCUT2D eigenvalue weighted by molar-refractivity contribution is 0.112. The molecule has 1 rings (SSSR count). The lowest BCUT2D eigenvalue weighted by Crippen LogP contribution is -2.48. The van der Waals surface area contributed by atoms with Gasteiger partial charge < -0.3 is 25.4 Å². The molecule has 5 heteroatoms. The summed E-state index contributed by atoms with van der Waals surface area (Å²) in [5.41, 5.74) is 0. The van der Waals surface area contributed by atoms with Crippen molar-refractivity contribution in [3.05, 3.63) is 0 Å². The number of hydrogen-bond donors (Lipinski definition) is 4. The first-order chi connectivity index (χ1) is 5.77. The van der Waals surface area contributed by atoms with Crippen molar-refractivity contribution >= 4 is 0 Å². The summed E-state index contributed by atoms with van der Waals surface area (Å²) in [7, 11) is 0. The van der Waals surface area contributed by atoms with Crippen LogP contribution in [0.4, 0.5) is 0 Å². The predicted octanol–water partition coefficient (Wildman–Crippen LogP) is -2.31. The molecule has 1 saturated heterocycles. The van der Waals surface area contributed by atoms with Crippen molar-refractivity contribution in [1.82, 2.24) is 5.32 Å². The number of nitrogens with one attached hydrogen (secondary N) is 1. The van der Waals surface area contributed by atoms with Gasteiger partial charge in [-0.1, -0.05) is 0 Å². The maximum absolute atomic E-state index is 9.28. The highest BCUT2D eigenvalue weighted by Crippen LogP contribution is 2.05. The van der Waals surface area contributed by atoms with Crippen LogP contribution in [-0.2, 0) is 4.74 Å². The minimum absolute atomic E-state index is 0.139. The smallest absolute Gasteiger partial charge is 0.0948 e. The molecule has 0 radical (unpaired) electrons. The Balaban J connectivity index is 2.28. The largest absolute Gasteiger partial charge is 0.395 e. The van der Waals surface area contributed by atoms with Crippen molar-refractivity contribution in [2.24, 2.45) is 0 Å². The van der Waals surface area contributed by atoms with Gasteiger partial charge >= 0.3 is 0 Å². The van der Waals surface area contributed by atoms with E-state index in [9.17, 15) is 5.11 Å². The second-order valence-electron chi connectivity index (χ2n) is 2.94. The molecule has 0 bridgehead atoms. The zero-order valence-corrected chi connectivity index (χ0v) is 6.81. The van der Waals surface area contributed by atoms with Gasteiger partial charge in [0.05, 0.1) is 44.6 Å². The number of hydrogen-bond acceptors (Lipinski definition) is 5. The van der Waals surface area contributed by atoms with Gasteiger partial charge in [0, 0.05) is 0 Å². The molecule has 4 N–H and O–H groups in total. The highest BCUT2D eigenvalue weighted by Gasteiger charge is 2.27. The molecule has 0 aliphatic carbocycles. The third-order valence-electron chi connectivity index (χ3n) is 1.94. The molecule has 1 fully saturated rings. The Bertz CT molecular complexity index is 129. The van der Waals surface area contributed by atoms with Crippen molar-refractivity contribution in [3.8, 4) is 0 Å². The minimum Gasteiger partial charge on any atom is -0.395 e. The number of rotatable bonds is 4. The Kier molecular flexibility index (Phi) is 3.90. The standard InChI is InChI=1S/C7H15NO4/c9-1-5(2-10)8-6-3-12-4-7(6)11/h5-11H,1-4H2. The van der Waals surface area contributed by atoms with Crippen molar-refractivity contribution in [1.29, 1.82) is 0 Å². The summed E-state index contributed by atoms with van der Waals surface area (Å²) in [6.45, 7) is 0.471. The summed E-state index contributed by atoms with van der Waals surface area (Å²) >= 11 is 0. The average Bonchev–Trinajstić information content (AvgIpc) is 2.47. The molecule has 0 saturated carbocycles. The van der Waals surface area contributed by atoms with Crippen molar-refractivity contribution in [2.75, 3.05) is 26.4 Å². The molecule has 1 aliphatic heterocycles. The third kappa shape index (κ3) is 2.40. The summed E-state index contributed by atoms with van der Waals surface area (Å²) in [6.07, 6.45) is -0.536. The van der Waals surface area contributed by atoms with Gasteiger partial charge in [-0.25, -0.2) is 0 Å². The van der Waals surface area contributed by atoms with E-state index in [0.29, 0.717) is 13.2 Å². The second kappa shape index (κ2) is 4.74. The number of aliphatic hydroxyl groups excluding tert-OH is 3. The molecule has 72 valence electrons. The molecule has 0 aromatic rings. The van der Waals surface area contributed by atoms with Gasteiger partial charge in [0.25, 0.3) is 0 Å². The van der Waals surface area contributed by atoms with E-state index in [2.05, 4.69) is 5.32 Å². The molecule has 12 heavy (non-hydrogen) atoms. The van der Waals surface area contributed by atoms with Gasteiger partial charge in [0.1, 0.15) is 0 Å². The molecule has 5 nitrogen and oxygen atoms in total. The van der Waals surface area contributed by atoms with Crippen LogP contribution >= 0.6 is 0 Å². The molecule has 2 atom stereocenters. The Morgan fingerprint density at radius 2 is 2.00 bits per heavy atom.